The number of benzene rings is 2. The lowest BCUT2D eigenvalue weighted by atomic mass is 9.93. The van der Waals surface area contributed by atoms with E-state index in [4.69, 9.17) is 4.74 Å². The van der Waals surface area contributed by atoms with E-state index in [0.29, 0.717) is 35.7 Å². The molecule has 1 fully saturated rings. The first-order chi connectivity index (χ1) is 14.9. The molecule has 5 rings (SSSR count). The number of nitrogens with one attached hydrogen (secondary N) is 1. The van der Waals surface area contributed by atoms with Gasteiger partial charge < -0.3 is 14.7 Å². The Balaban J connectivity index is 1.66. The first-order valence-electron chi connectivity index (χ1n) is 10.5. The molecule has 6 nitrogen and oxygen atoms in total. The summed E-state index contributed by atoms with van der Waals surface area (Å²) in [5.74, 6) is -0.379. The van der Waals surface area contributed by atoms with Gasteiger partial charge in [0.15, 0.2) is 0 Å². The molecule has 3 aromatic rings. The summed E-state index contributed by atoms with van der Waals surface area (Å²) >= 11 is 0. The van der Waals surface area contributed by atoms with Gasteiger partial charge >= 0.3 is 0 Å². The largest absolute Gasteiger partial charge is 0.507 e. The quantitative estimate of drug-likeness (QED) is 0.660. The molecule has 0 radical (unpaired) electrons. The maximum absolute atomic E-state index is 13.6. The Kier molecular flexibility index (Phi) is 4.78. The molecule has 1 amide bonds. The predicted octanol–water partition coefficient (Wildman–Crippen LogP) is 4.26. The normalized spacial score (nSPS) is 20.5. The second-order valence-electron chi connectivity index (χ2n) is 8.38. The van der Waals surface area contributed by atoms with Crippen molar-refractivity contribution in [3.63, 3.8) is 0 Å². The second kappa shape index (κ2) is 7.50. The Morgan fingerprint density at radius 2 is 2.03 bits per heavy atom. The summed E-state index contributed by atoms with van der Waals surface area (Å²) in [5.41, 5.74) is 4.85. The highest BCUT2D eigenvalue weighted by atomic mass is 19.1. The fourth-order valence-corrected chi connectivity index (χ4v) is 4.83. The van der Waals surface area contributed by atoms with Crippen LogP contribution in [-0.4, -0.2) is 45.4 Å². The monoisotopic (exact) mass is 421 g/mol. The number of hydrogen-bond donors (Lipinski definition) is 2. The highest BCUT2D eigenvalue weighted by Gasteiger charge is 2.43. The number of ether oxygens (including phenoxy) is 1. The van der Waals surface area contributed by atoms with Gasteiger partial charge in [-0.15, -0.1) is 0 Å². The number of halogens is 1. The number of carbonyl (C=O) groups excluding carboxylic acids is 1. The van der Waals surface area contributed by atoms with Gasteiger partial charge in [-0.25, -0.2) is 4.39 Å². The number of aromatic nitrogens is 2. The Morgan fingerprint density at radius 3 is 2.71 bits per heavy atom. The molecule has 2 N–H and O–H groups in total. The van der Waals surface area contributed by atoms with Crippen molar-refractivity contribution < 1.29 is 19.0 Å². The van der Waals surface area contributed by atoms with Crippen LogP contribution in [0.1, 0.15) is 51.6 Å². The standard InChI is InChI=1S/C24H24FN3O3/c1-13-10-14(2)19(18(29)11-13)21-20-22(27-26-21)24(30)28(12-17-4-3-9-31-17)23(20)15-5-7-16(25)8-6-15/h5-8,10-11,17,23,29H,3-4,9,12H2,1-2H3,(H,26,27)/t17-,23-/m1/s1. The zero-order chi connectivity index (χ0) is 21.7. The van der Waals surface area contributed by atoms with Crippen LogP contribution in [-0.2, 0) is 4.74 Å². The minimum Gasteiger partial charge on any atom is -0.507 e. The van der Waals surface area contributed by atoms with Gasteiger partial charge in [0, 0.05) is 24.3 Å². The summed E-state index contributed by atoms with van der Waals surface area (Å²) in [5, 5.41) is 18.0. The van der Waals surface area contributed by atoms with Gasteiger partial charge in [0.25, 0.3) is 5.91 Å². The molecule has 31 heavy (non-hydrogen) atoms. The average Bonchev–Trinajstić information content (AvgIpc) is 3.43. The molecule has 1 aromatic heterocycles. The van der Waals surface area contributed by atoms with E-state index in [0.717, 1.165) is 29.5 Å². The molecule has 2 aliphatic rings. The van der Waals surface area contributed by atoms with Crippen LogP contribution in [0.15, 0.2) is 36.4 Å². The molecule has 160 valence electrons. The number of hydrogen-bond acceptors (Lipinski definition) is 4. The van der Waals surface area contributed by atoms with Crippen LogP contribution in [0.25, 0.3) is 11.3 Å². The van der Waals surface area contributed by atoms with E-state index in [2.05, 4.69) is 10.2 Å². The van der Waals surface area contributed by atoms with Crippen molar-refractivity contribution in [1.82, 2.24) is 15.1 Å². The highest BCUT2D eigenvalue weighted by molar-refractivity contribution is 6.00. The van der Waals surface area contributed by atoms with Gasteiger partial charge in [0.1, 0.15) is 23.0 Å². The molecule has 7 heteroatoms. The van der Waals surface area contributed by atoms with E-state index in [1.165, 1.54) is 12.1 Å². The summed E-state index contributed by atoms with van der Waals surface area (Å²) in [4.78, 5) is 15.1. The fourth-order valence-electron chi connectivity index (χ4n) is 4.83. The average molecular weight is 421 g/mol. The van der Waals surface area contributed by atoms with Gasteiger partial charge in [-0.05, 0) is 61.6 Å². The molecule has 0 aliphatic carbocycles. The van der Waals surface area contributed by atoms with Crippen LogP contribution >= 0.6 is 0 Å². The lowest BCUT2D eigenvalue weighted by molar-refractivity contribution is 0.0495. The van der Waals surface area contributed by atoms with Gasteiger partial charge in [-0.3, -0.25) is 9.89 Å². The van der Waals surface area contributed by atoms with Crippen molar-refractivity contribution in [2.45, 2.75) is 38.8 Å². The van der Waals surface area contributed by atoms with Gasteiger partial charge in [-0.2, -0.15) is 5.10 Å². The first kappa shape index (κ1) is 19.8. The number of fused-ring (bicyclic) bond motifs is 1. The fraction of sp³-hybridized carbons (Fsp3) is 0.333. The maximum Gasteiger partial charge on any atom is 0.273 e. The van der Waals surface area contributed by atoms with Crippen molar-refractivity contribution in [3.05, 3.63) is 70.2 Å². The maximum atomic E-state index is 13.6. The molecule has 2 aliphatic heterocycles. The third kappa shape index (κ3) is 3.29. The van der Waals surface area contributed by atoms with E-state index in [1.807, 2.05) is 19.9 Å². The molecule has 0 spiro atoms. The van der Waals surface area contributed by atoms with Crippen LogP contribution in [0, 0.1) is 19.7 Å². The summed E-state index contributed by atoms with van der Waals surface area (Å²) in [6.45, 7) is 4.97. The number of carbonyl (C=O) groups is 1. The Hall–Kier alpha value is -3.19. The van der Waals surface area contributed by atoms with E-state index >= 15 is 0 Å². The van der Waals surface area contributed by atoms with Crippen LogP contribution < -0.4 is 0 Å². The Labute approximate surface area is 179 Å². The summed E-state index contributed by atoms with van der Waals surface area (Å²) in [6, 6.07) is 9.42. The lowest BCUT2D eigenvalue weighted by Gasteiger charge is -2.28. The van der Waals surface area contributed by atoms with E-state index < -0.39 is 6.04 Å². The number of phenolic OH excluding ortho intramolecular Hbond substituents is 1. The van der Waals surface area contributed by atoms with Crippen LogP contribution in [0.2, 0.25) is 0 Å². The number of aromatic hydroxyl groups is 1. The van der Waals surface area contributed by atoms with Crippen LogP contribution in [0.3, 0.4) is 0 Å². The van der Waals surface area contributed by atoms with E-state index in [1.54, 1.807) is 23.1 Å². The molecule has 2 aromatic carbocycles. The van der Waals surface area contributed by atoms with Crippen LogP contribution in [0.5, 0.6) is 5.75 Å². The Morgan fingerprint density at radius 1 is 1.26 bits per heavy atom. The summed E-state index contributed by atoms with van der Waals surface area (Å²) < 4.78 is 19.4. The predicted molar refractivity (Wildman–Crippen MR) is 113 cm³/mol. The minimum atomic E-state index is -0.443. The van der Waals surface area contributed by atoms with Crippen molar-refractivity contribution in [2.24, 2.45) is 0 Å². The van der Waals surface area contributed by atoms with Crippen molar-refractivity contribution >= 4 is 5.91 Å². The number of rotatable bonds is 4. The number of nitrogens with zero attached hydrogens (tertiary/aromatic N) is 2. The topological polar surface area (TPSA) is 78.5 Å². The minimum absolute atomic E-state index is 0.0261. The zero-order valence-electron chi connectivity index (χ0n) is 17.5. The SMILES string of the molecule is Cc1cc(C)c(-c2n[nH]c3c2[C@@H](c2ccc(F)cc2)N(C[C@H]2CCCO2)C3=O)c(O)c1. The second-order valence-corrected chi connectivity index (χ2v) is 8.38. The molecule has 2 atom stereocenters. The number of amides is 1. The van der Waals surface area contributed by atoms with E-state index in [9.17, 15) is 14.3 Å². The molecule has 0 saturated carbocycles. The summed E-state index contributed by atoms with van der Waals surface area (Å²) in [6.07, 6.45) is 1.85. The number of aryl methyl sites for hydroxylation is 2. The number of phenols is 1. The third-order valence-electron chi connectivity index (χ3n) is 6.17. The van der Waals surface area contributed by atoms with Gasteiger partial charge in [-0.1, -0.05) is 18.2 Å². The molecule has 3 heterocycles. The number of aromatic amines is 1. The molecule has 0 bridgehead atoms. The van der Waals surface area contributed by atoms with Gasteiger partial charge in [0.05, 0.1) is 12.1 Å². The smallest absolute Gasteiger partial charge is 0.273 e. The molecule has 0 unspecified atom stereocenters. The van der Waals surface area contributed by atoms with Gasteiger partial charge in [0.2, 0.25) is 0 Å². The Bertz CT molecular complexity index is 1130. The van der Waals surface area contributed by atoms with Crippen LogP contribution in [0.4, 0.5) is 4.39 Å². The zero-order valence-corrected chi connectivity index (χ0v) is 17.5. The number of H-pyrrole nitrogens is 1. The lowest BCUT2D eigenvalue weighted by Crippen LogP contribution is -2.36. The third-order valence-corrected chi connectivity index (χ3v) is 6.17. The van der Waals surface area contributed by atoms with E-state index in [-0.39, 0.29) is 23.6 Å². The highest BCUT2D eigenvalue weighted by Crippen LogP contribution is 2.45. The van der Waals surface area contributed by atoms with Crippen molar-refractivity contribution in [3.8, 4) is 17.0 Å². The molecular weight excluding hydrogens is 397 g/mol. The summed E-state index contributed by atoms with van der Waals surface area (Å²) in [7, 11) is 0. The first-order valence-corrected chi connectivity index (χ1v) is 10.5. The molecule has 1 saturated heterocycles. The molecular formula is C24H24FN3O3. The van der Waals surface area contributed by atoms with Crippen molar-refractivity contribution in [1.29, 1.82) is 0 Å². The van der Waals surface area contributed by atoms with Crippen molar-refractivity contribution in [2.75, 3.05) is 13.2 Å².